The zero-order chi connectivity index (χ0) is 26.2. The molecule has 8 heteroatoms. The molecule has 4 aliphatic heterocycles. The van der Waals surface area contributed by atoms with Crippen LogP contribution in [0.3, 0.4) is 0 Å². The summed E-state index contributed by atoms with van der Waals surface area (Å²) < 4.78 is 5.69. The van der Waals surface area contributed by atoms with Gasteiger partial charge in [0.05, 0.1) is 35.4 Å². The van der Waals surface area contributed by atoms with Gasteiger partial charge in [0.1, 0.15) is 0 Å². The fourth-order valence-corrected chi connectivity index (χ4v) is 6.33. The number of hydrogen-bond donors (Lipinski definition) is 0. The molecular weight excluding hydrogens is 480 g/mol. The highest BCUT2D eigenvalue weighted by Crippen LogP contribution is 2.35. The average Bonchev–Trinajstić information content (AvgIpc) is 3.56. The Morgan fingerprint density at radius 1 is 0.895 bits per heavy atom. The SMILES string of the molecule is Cc1ccc(N2CCN(C(=O)C3CCCN(c4cccc5c4C(=O)N(CC4CCCO4)C5=O)C3)CC2)cc1. The average molecular weight is 517 g/mol. The topological polar surface area (TPSA) is 73.4 Å². The number of rotatable bonds is 5. The Morgan fingerprint density at radius 2 is 1.68 bits per heavy atom. The molecule has 0 aromatic heterocycles. The molecule has 4 aliphatic rings. The summed E-state index contributed by atoms with van der Waals surface area (Å²) in [6, 6.07) is 14.1. The van der Waals surface area contributed by atoms with E-state index in [-0.39, 0.29) is 29.7 Å². The van der Waals surface area contributed by atoms with E-state index >= 15 is 0 Å². The van der Waals surface area contributed by atoms with E-state index in [0.717, 1.165) is 64.1 Å². The number of piperidine rings is 1. The number of imide groups is 1. The van der Waals surface area contributed by atoms with Crippen LogP contribution in [0, 0.1) is 12.8 Å². The molecule has 2 aromatic rings. The molecule has 0 N–H and O–H groups in total. The summed E-state index contributed by atoms with van der Waals surface area (Å²) in [5.41, 5.74) is 4.17. The van der Waals surface area contributed by atoms with E-state index in [2.05, 4.69) is 41.0 Å². The minimum atomic E-state index is -0.239. The molecule has 4 heterocycles. The van der Waals surface area contributed by atoms with Crippen LogP contribution in [0.4, 0.5) is 11.4 Å². The highest BCUT2D eigenvalue weighted by molar-refractivity contribution is 6.23. The first-order valence-electron chi connectivity index (χ1n) is 14.0. The third kappa shape index (κ3) is 4.66. The van der Waals surface area contributed by atoms with Crippen molar-refractivity contribution in [3.8, 4) is 0 Å². The highest BCUT2D eigenvalue weighted by atomic mass is 16.5. The molecule has 3 saturated heterocycles. The van der Waals surface area contributed by atoms with Crippen molar-refractivity contribution in [2.45, 2.75) is 38.7 Å². The Bertz CT molecular complexity index is 1220. The van der Waals surface area contributed by atoms with Crippen LogP contribution < -0.4 is 9.80 Å². The second-order valence-electron chi connectivity index (χ2n) is 11.0. The molecule has 0 bridgehead atoms. The normalized spacial score (nSPS) is 23.8. The van der Waals surface area contributed by atoms with Crippen molar-refractivity contribution in [3.63, 3.8) is 0 Å². The van der Waals surface area contributed by atoms with Crippen LogP contribution in [0.25, 0.3) is 0 Å². The Kier molecular flexibility index (Phi) is 6.82. The number of piperazine rings is 1. The van der Waals surface area contributed by atoms with Crippen LogP contribution in [0.1, 0.15) is 52.0 Å². The van der Waals surface area contributed by atoms with Crippen LogP contribution in [-0.4, -0.2) is 86.0 Å². The number of anilines is 2. The van der Waals surface area contributed by atoms with Crippen LogP contribution >= 0.6 is 0 Å². The summed E-state index contributed by atoms with van der Waals surface area (Å²) in [4.78, 5) is 47.9. The zero-order valence-electron chi connectivity index (χ0n) is 22.1. The third-order valence-electron chi connectivity index (χ3n) is 8.49. The fourth-order valence-electron chi connectivity index (χ4n) is 6.33. The summed E-state index contributed by atoms with van der Waals surface area (Å²) in [7, 11) is 0. The largest absolute Gasteiger partial charge is 0.376 e. The second-order valence-corrected chi connectivity index (χ2v) is 11.0. The Hall–Kier alpha value is -3.39. The molecule has 0 saturated carbocycles. The predicted octanol–water partition coefficient (Wildman–Crippen LogP) is 3.34. The Balaban J connectivity index is 1.12. The summed E-state index contributed by atoms with van der Waals surface area (Å²) in [5.74, 6) is -0.385. The van der Waals surface area contributed by atoms with Gasteiger partial charge in [-0.1, -0.05) is 23.8 Å². The standard InChI is InChI=1S/C30H36N4O4/c1-21-9-11-23(12-10-21)31-14-16-32(17-15-31)28(35)22-5-3-13-33(19-22)26-8-2-7-25-27(26)30(37)34(29(25)36)20-24-6-4-18-38-24/h2,7-12,22,24H,3-6,13-20H2,1H3. The minimum Gasteiger partial charge on any atom is -0.376 e. The van der Waals surface area contributed by atoms with Crippen molar-refractivity contribution < 1.29 is 19.1 Å². The van der Waals surface area contributed by atoms with Gasteiger partial charge in [-0.25, -0.2) is 0 Å². The summed E-state index contributed by atoms with van der Waals surface area (Å²) >= 11 is 0. The lowest BCUT2D eigenvalue weighted by Gasteiger charge is -2.40. The van der Waals surface area contributed by atoms with E-state index in [9.17, 15) is 14.4 Å². The maximum Gasteiger partial charge on any atom is 0.263 e. The number of carbonyl (C=O) groups excluding carboxylic acids is 3. The van der Waals surface area contributed by atoms with Crippen molar-refractivity contribution >= 4 is 29.1 Å². The van der Waals surface area contributed by atoms with Gasteiger partial charge in [0.25, 0.3) is 11.8 Å². The molecule has 0 aliphatic carbocycles. The van der Waals surface area contributed by atoms with E-state index in [1.165, 1.54) is 16.2 Å². The molecule has 8 nitrogen and oxygen atoms in total. The molecule has 6 rings (SSSR count). The van der Waals surface area contributed by atoms with Gasteiger partial charge in [-0.05, 0) is 56.9 Å². The second kappa shape index (κ2) is 10.4. The van der Waals surface area contributed by atoms with Gasteiger partial charge >= 0.3 is 0 Å². The molecule has 3 fully saturated rings. The minimum absolute atomic E-state index is 0.0795. The number of fused-ring (bicyclic) bond motifs is 1. The van der Waals surface area contributed by atoms with Gasteiger partial charge in [0, 0.05) is 51.6 Å². The summed E-state index contributed by atoms with van der Waals surface area (Å²) in [6.45, 7) is 7.51. The van der Waals surface area contributed by atoms with Crippen molar-refractivity contribution in [3.05, 3.63) is 59.2 Å². The van der Waals surface area contributed by atoms with Gasteiger partial charge in [-0.3, -0.25) is 19.3 Å². The number of benzene rings is 2. The van der Waals surface area contributed by atoms with Crippen molar-refractivity contribution in [1.82, 2.24) is 9.80 Å². The predicted molar refractivity (Wildman–Crippen MR) is 146 cm³/mol. The Morgan fingerprint density at radius 3 is 2.42 bits per heavy atom. The van der Waals surface area contributed by atoms with E-state index in [4.69, 9.17) is 4.74 Å². The van der Waals surface area contributed by atoms with Crippen LogP contribution in [0.5, 0.6) is 0 Å². The lowest BCUT2D eigenvalue weighted by Crippen LogP contribution is -2.52. The van der Waals surface area contributed by atoms with Crippen molar-refractivity contribution in [2.75, 3.05) is 62.2 Å². The maximum absolute atomic E-state index is 13.6. The lowest BCUT2D eigenvalue weighted by molar-refractivity contribution is -0.136. The summed E-state index contributed by atoms with van der Waals surface area (Å²) in [6.07, 6.45) is 3.48. The van der Waals surface area contributed by atoms with Gasteiger partial charge in [0.15, 0.2) is 0 Å². The molecule has 2 unspecified atom stereocenters. The van der Waals surface area contributed by atoms with E-state index in [1.807, 2.05) is 17.0 Å². The van der Waals surface area contributed by atoms with Crippen LogP contribution in [-0.2, 0) is 9.53 Å². The molecule has 0 radical (unpaired) electrons. The molecule has 0 spiro atoms. The van der Waals surface area contributed by atoms with Gasteiger partial charge in [0.2, 0.25) is 5.91 Å². The number of carbonyl (C=O) groups is 3. The molecule has 2 atom stereocenters. The number of nitrogens with zero attached hydrogens (tertiary/aromatic N) is 4. The Labute approximate surface area is 224 Å². The maximum atomic E-state index is 13.6. The molecule has 3 amide bonds. The lowest BCUT2D eigenvalue weighted by atomic mass is 9.94. The molecule has 38 heavy (non-hydrogen) atoms. The first-order chi connectivity index (χ1) is 18.5. The first kappa shape index (κ1) is 24.9. The molecular formula is C30H36N4O4. The molecule has 200 valence electrons. The highest BCUT2D eigenvalue weighted by Gasteiger charge is 2.41. The van der Waals surface area contributed by atoms with E-state index in [1.54, 1.807) is 6.07 Å². The number of ether oxygens (including phenoxy) is 1. The van der Waals surface area contributed by atoms with Gasteiger partial charge in [-0.15, -0.1) is 0 Å². The smallest absolute Gasteiger partial charge is 0.263 e. The number of hydrogen-bond acceptors (Lipinski definition) is 6. The quantitative estimate of drug-likeness (QED) is 0.568. The fraction of sp³-hybridized carbons (Fsp3) is 0.500. The van der Waals surface area contributed by atoms with Crippen LogP contribution in [0.2, 0.25) is 0 Å². The van der Waals surface area contributed by atoms with Crippen molar-refractivity contribution in [2.24, 2.45) is 5.92 Å². The van der Waals surface area contributed by atoms with E-state index in [0.29, 0.717) is 30.8 Å². The van der Waals surface area contributed by atoms with Crippen molar-refractivity contribution in [1.29, 1.82) is 0 Å². The monoisotopic (exact) mass is 516 g/mol. The summed E-state index contributed by atoms with van der Waals surface area (Å²) in [5, 5.41) is 0. The van der Waals surface area contributed by atoms with E-state index < -0.39 is 0 Å². The third-order valence-corrected chi connectivity index (χ3v) is 8.49. The number of aryl methyl sites for hydroxylation is 1. The van der Waals surface area contributed by atoms with Gasteiger partial charge in [-0.2, -0.15) is 0 Å². The first-order valence-corrected chi connectivity index (χ1v) is 14.0. The van der Waals surface area contributed by atoms with Crippen LogP contribution in [0.15, 0.2) is 42.5 Å². The number of amides is 3. The molecule has 2 aromatic carbocycles. The van der Waals surface area contributed by atoms with Gasteiger partial charge < -0.3 is 19.4 Å². The zero-order valence-corrected chi connectivity index (χ0v) is 22.1.